The number of hydrogen-bond donors (Lipinski definition) is 1. The molecule has 0 radical (unpaired) electrons. The van der Waals surface area contributed by atoms with E-state index in [0.717, 1.165) is 23.4 Å². The first kappa shape index (κ1) is 40.0. The van der Waals surface area contributed by atoms with Gasteiger partial charge in [-0.05, 0) is 49.1 Å². The lowest BCUT2D eigenvalue weighted by atomic mass is 9.93. The molecule has 1 aliphatic rings. The van der Waals surface area contributed by atoms with Crippen molar-refractivity contribution < 1.29 is 72.9 Å². The molecule has 1 fully saturated rings. The van der Waals surface area contributed by atoms with E-state index >= 15 is 0 Å². The van der Waals surface area contributed by atoms with E-state index < -0.39 is 82.6 Å². The number of aromatic nitrogens is 2. The SMILES string of the molecule is N#CC1(N(COC(=O)CCCC(=O)O)C(=O)c2cc(-c3cnn(-c4c(Cl)cc(C(F)(C(F)(F)F)C(F)(F)F)cc4OC(F)(F)F)c3)ccc2Cl)CC1. The number of halogens is 12. The largest absolute Gasteiger partial charge is 0.573 e. The summed E-state index contributed by atoms with van der Waals surface area (Å²) < 4.78 is 144. The molecule has 1 heterocycles. The van der Waals surface area contributed by atoms with Crippen molar-refractivity contribution in [2.24, 2.45) is 0 Å². The Morgan fingerprint density at radius 1 is 0.942 bits per heavy atom. The Hall–Kier alpha value is -4.77. The molecule has 52 heavy (non-hydrogen) atoms. The average molecular weight is 793 g/mol. The zero-order valence-electron chi connectivity index (χ0n) is 25.6. The molecule has 3 aromatic rings. The first-order chi connectivity index (χ1) is 23.9. The van der Waals surface area contributed by atoms with Crippen molar-refractivity contribution in [3.8, 4) is 28.6 Å². The lowest BCUT2D eigenvalue weighted by Gasteiger charge is -2.31. The lowest BCUT2D eigenvalue weighted by Crippen LogP contribution is -2.50. The van der Waals surface area contributed by atoms with E-state index in [0.29, 0.717) is 4.68 Å². The van der Waals surface area contributed by atoms with Gasteiger partial charge in [0.05, 0.1) is 27.9 Å². The van der Waals surface area contributed by atoms with Gasteiger partial charge in [0, 0.05) is 30.2 Å². The Morgan fingerprint density at radius 3 is 2.12 bits per heavy atom. The molecule has 4 rings (SSSR count). The first-order valence-electron chi connectivity index (χ1n) is 14.3. The Balaban J connectivity index is 1.72. The van der Waals surface area contributed by atoms with E-state index in [1.54, 1.807) is 0 Å². The number of rotatable bonds is 12. The summed E-state index contributed by atoms with van der Waals surface area (Å²) in [7, 11) is 0. The van der Waals surface area contributed by atoms with Crippen LogP contribution in [0.4, 0.5) is 43.9 Å². The van der Waals surface area contributed by atoms with Crippen LogP contribution in [0.1, 0.15) is 48.0 Å². The second-order valence-electron chi connectivity index (χ2n) is 11.1. The number of nitriles is 1. The van der Waals surface area contributed by atoms with Gasteiger partial charge in [-0.15, -0.1) is 13.2 Å². The van der Waals surface area contributed by atoms with E-state index in [1.165, 1.54) is 12.1 Å². The number of benzene rings is 2. The molecule has 1 aromatic heterocycles. The summed E-state index contributed by atoms with van der Waals surface area (Å²) in [6.45, 7) is -0.726. The number of alkyl halides is 10. The van der Waals surface area contributed by atoms with Crippen molar-refractivity contribution in [3.63, 3.8) is 0 Å². The predicted molar refractivity (Wildman–Crippen MR) is 157 cm³/mol. The number of carboxylic acid groups (broad SMARTS) is 1. The van der Waals surface area contributed by atoms with Crippen molar-refractivity contribution in [2.75, 3.05) is 6.73 Å². The second-order valence-corrected chi connectivity index (χ2v) is 12.0. The highest BCUT2D eigenvalue weighted by molar-refractivity contribution is 6.34. The maximum absolute atomic E-state index is 14.8. The molecule has 1 aliphatic carbocycles. The van der Waals surface area contributed by atoms with Crippen LogP contribution < -0.4 is 4.74 Å². The van der Waals surface area contributed by atoms with Crippen molar-refractivity contribution >= 4 is 41.0 Å². The molecule has 0 saturated heterocycles. The molecule has 0 spiro atoms. The van der Waals surface area contributed by atoms with Crippen LogP contribution in [0.5, 0.6) is 5.75 Å². The first-order valence-corrected chi connectivity index (χ1v) is 15.1. The molecule has 280 valence electrons. The van der Waals surface area contributed by atoms with Gasteiger partial charge in [-0.25, -0.2) is 9.07 Å². The normalized spacial score (nSPS) is 14.4. The van der Waals surface area contributed by atoms with Gasteiger partial charge in [0.2, 0.25) is 0 Å². The Bertz CT molecular complexity index is 1910. The number of nitrogens with zero attached hydrogens (tertiary/aromatic N) is 4. The summed E-state index contributed by atoms with van der Waals surface area (Å²) in [4.78, 5) is 37.5. The van der Waals surface area contributed by atoms with E-state index in [1.807, 2.05) is 6.07 Å². The van der Waals surface area contributed by atoms with Crippen molar-refractivity contribution in [3.05, 3.63) is 63.9 Å². The summed E-state index contributed by atoms with van der Waals surface area (Å²) in [6.07, 6.45) is -17.6. The number of amides is 1. The monoisotopic (exact) mass is 792 g/mol. The van der Waals surface area contributed by atoms with Gasteiger partial charge in [-0.2, -0.15) is 36.7 Å². The highest BCUT2D eigenvalue weighted by atomic mass is 35.5. The van der Waals surface area contributed by atoms with Gasteiger partial charge in [0.25, 0.3) is 5.91 Å². The smallest absolute Gasteiger partial charge is 0.481 e. The van der Waals surface area contributed by atoms with E-state index in [-0.39, 0.29) is 59.9 Å². The zero-order valence-corrected chi connectivity index (χ0v) is 27.1. The zero-order chi connectivity index (χ0) is 39.0. The van der Waals surface area contributed by atoms with Crippen LogP contribution in [0.25, 0.3) is 16.8 Å². The van der Waals surface area contributed by atoms with Gasteiger partial charge in [0.1, 0.15) is 11.2 Å². The van der Waals surface area contributed by atoms with Crippen LogP contribution in [0.3, 0.4) is 0 Å². The maximum atomic E-state index is 14.8. The highest BCUT2D eigenvalue weighted by Crippen LogP contribution is 2.55. The minimum Gasteiger partial charge on any atom is -0.481 e. The third-order valence-electron chi connectivity index (χ3n) is 7.59. The third-order valence-corrected chi connectivity index (χ3v) is 8.21. The van der Waals surface area contributed by atoms with E-state index in [2.05, 4.69) is 9.84 Å². The van der Waals surface area contributed by atoms with Crippen LogP contribution >= 0.6 is 23.2 Å². The standard InChI is InChI=1S/C30H20Cl2F10N4O6/c31-19-5-4-15(8-18(19)25(50)45(26(13-43)6-7-26)14-51-23(49)3-1-2-22(47)48)16-11-44-46(12-16)24-20(32)9-17(10-21(24)52-30(40,41)42)27(33,28(34,35)36)29(37,38)39/h4-5,8-12H,1-3,6-7,14H2,(H,47,48). The summed E-state index contributed by atoms with van der Waals surface area (Å²) in [5.41, 5.74) is -11.2. The van der Waals surface area contributed by atoms with Crippen molar-refractivity contribution in [1.29, 1.82) is 5.26 Å². The summed E-state index contributed by atoms with van der Waals surface area (Å²) in [6, 6.07) is 4.93. The molecule has 1 amide bonds. The number of carbonyl (C=O) groups is 3. The van der Waals surface area contributed by atoms with Crippen molar-refractivity contribution in [2.45, 2.75) is 62.0 Å². The van der Waals surface area contributed by atoms with E-state index in [4.69, 9.17) is 33.0 Å². The summed E-state index contributed by atoms with van der Waals surface area (Å²) in [5, 5.41) is 20.8. The van der Waals surface area contributed by atoms with Gasteiger partial charge < -0.3 is 14.6 Å². The maximum Gasteiger partial charge on any atom is 0.573 e. The molecule has 2 aromatic carbocycles. The van der Waals surface area contributed by atoms with Gasteiger partial charge >= 0.3 is 36.3 Å². The summed E-state index contributed by atoms with van der Waals surface area (Å²) >= 11 is 12.1. The minimum atomic E-state index is -6.69. The van der Waals surface area contributed by atoms with Crippen LogP contribution in [0.15, 0.2) is 42.7 Å². The Kier molecular flexibility index (Phi) is 11.0. The van der Waals surface area contributed by atoms with Crippen LogP contribution in [0, 0.1) is 11.3 Å². The number of hydrogen-bond acceptors (Lipinski definition) is 7. The minimum absolute atomic E-state index is 0.0490. The topological polar surface area (TPSA) is 135 Å². The number of carboxylic acids is 1. The molecule has 0 aliphatic heterocycles. The van der Waals surface area contributed by atoms with Crippen LogP contribution in [-0.4, -0.2) is 68.6 Å². The molecule has 0 atom stereocenters. The number of ether oxygens (including phenoxy) is 2. The van der Waals surface area contributed by atoms with E-state index in [9.17, 15) is 63.5 Å². The van der Waals surface area contributed by atoms with Crippen LogP contribution in [-0.2, 0) is 20.0 Å². The fourth-order valence-corrected chi connectivity index (χ4v) is 5.32. The predicted octanol–water partition coefficient (Wildman–Crippen LogP) is 8.29. The fourth-order valence-electron chi connectivity index (χ4n) is 4.82. The molecule has 1 N–H and O–H groups in total. The van der Waals surface area contributed by atoms with Crippen LogP contribution in [0.2, 0.25) is 10.0 Å². The quantitative estimate of drug-likeness (QED) is 0.110. The van der Waals surface area contributed by atoms with Gasteiger partial charge in [-0.3, -0.25) is 19.3 Å². The molecule has 10 nitrogen and oxygen atoms in total. The van der Waals surface area contributed by atoms with Gasteiger partial charge in [0.15, 0.2) is 12.5 Å². The Morgan fingerprint density at radius 2 is 1.58 bits per heavy atom. The Labute approximate surface area is 295 Å². The lowest BCUT2D eigenvalue weighted by molar-refractivity contribution is -0.348. The molecular formula is C30H20Cl2F10N4O6. The molecule has 0 unspecified atom stereocenters. The average Bonchev–Trinajstić information content (AvgIpc) is 3.66. The highest BCUT2D eigenvalue weighted by Gasteiger charge is 2.73. The van der Waals surface area contributed by atoms with Crippen molar-refractivity contribution in [1.82, 2.24) is 14.7 Å². The fraction of sp³-hybridized carbons (Fsp3) is 0.367. The van der Waals surface area contributed by atoms with Gasteiger partial charge in [-0.1, -0.05) is 29.3 Å². The number of aliphatic carboxylic acids is 1. The summed E-state index contributed by atoms with van der Waals surface area (Å²) in [5.74, 6) is -4.72. The third kappa shape index (κ3) is 8.30. The number of esters is 1. The number of carbonyl (C=O) groups excluding carboxylic acids is 2. The molecular weight excluding hydrogens is 773 g/mol. The second kappa shape index (κ2) is 14.3. The molecule has 0 bridgehead atoms. The molecule has 1 saturated carbocycles. The molecule has 22 heteroatoms.